The largest absolute Gasteiger partial charge is 0.460 e. The summed E-state index contributed by atoms with van der Waals surface area (Å²) in [6.45, 7) is 5.78. The van der Waals surface area contributed by atoms with Crippen molar-refractivity contribution in [2.45, 2.75) is 45.6 Å². The van der Waals surface area contributed by atoms with E-state index in [1.54, 1.807) is 0 Å². The lowest BCUT2D eigenvalue weighted by molar-refractivity contribution is -0.159. The van der Waals surface area contributed by atoms with E-state index in [0.29, 0.717) is 0 Å². The third-order valence-corrected chi connectivity index (χ3v) is 3.75. The van der Waals surface area contributed by atoms with E-state index in [-0.39, 0.29) is 17.5 Å². The first-order valence-corrected chi connectivity index (χ1v) is 6.74. The molecule has 14 heavy (non-hydrogen) atoms. The van der Waals surface area contributed by atoms with Crippen LogP contribution >= 0.6 is 22.6 Å². The van der Waals surface area contributed by atoms with Gasteiger partial charge in [-0.1, -0.05) is 22.6 Å². The van der Waals surface area contributed by atoms with Gasteiger partial charge in [0.2, 0.25) is 0 Å². The van der Waals surface area contributed by atoms with Gasteiger partial charge in [0.05, 0.1) is 5.92 Å². The molecule has 3 heteroatoms. The number of hydrogen-bond donors (Lipinski definition) is 0. The summed E-state index contributed by atoms with van der Waals surface area (Å²) in [5.41, 5.74) is -0.334. The van der Waals surface area contributed by atoms with Gasteiger partial charge >= 0.3 is 5.97 Å². The minimum atomic E-state index is -0.334. The molecule has 0 saturated heterocycles. The second kappa shape index (κ2) is 4.81. The fourth-order valence-corrected chi connectivity index (χ4v) is 2.61. The van der Waals surface area contributed by atoms with E-state index in [9.17, 15) is 4.79 Å². The number of halogens is 1. The summed E-state index contributed by atoms with van der Waals surface area (Å²) >= 11 is 2.40. The van der Waals surface area contributed by atoms with E-state index >= 15 is 0 Å². The molecule has 0 aromatic heterocycles. The van der Waals surface area contributed by atoms with E-state index in [4.69, 9.17) is 4.74 Å². The van der Waals surface area contributed by atoms with Crippen molar-refractivity contribution in [2.24, 2.45) is 11.8 Å². The van der Waals surface area contributed by atoms with E-state index in [0.717, 1.165) is 23.2 Å². The molecule has 0 heterocycles. The zero-order valence-corrected chi connectivity index (χ0v) is 11.3. The summed E-state index contributed by atoms with van der Waals surface area (Å²) in [7, 11) is 0. The number of alkyl halides is 1. The lowest BCUT2D eigenvalue weighted by Gasteiger charge is -2.22. The number of rotatable bonds is 2. The molecule has 0 spiro atoms. The predicted octanol–water partition coefficient (Wildman–Crippen LogP) is 3.18. The molecule has 0 aromatic rings. The molecule has 82 valence electrons. The van der Waals surface area contributed by atoms with Crippen LogP contribution in [0.4, 0.5) is 0 Å². The minimum Gasteiger partial charge on any atom is -0.460 e. The molecule has 1 rings (SSSR count). The van der Waals surface area contributed by atoms with Crippen LogP contribution in [0.15, 0.2) is 0 Å². The van der Waals surface area contributed by atoms with Crippen LogP contribution in [0.2, 0.25) is 0 Å². The van der Waals surface area contributed by atoms with Gasteiger partial charge in [0.15, 0.2) is 0 Å². The Balaban J connectivity index is 2.40. The quantitative estimate of drug-likeness (QED) is 0.445. The van der Waals surface area contributed by atoms with Gasteiger partial charge in [-0.05, 0) is 46.0 Å². The van der Waals surface area contributed by atoms with Crippen molar-refractivity contribution >= 4 is 28.6 Å². The summed E-state index contributed by atoms with van der Waals surface area (Å²) in [4.78, 5) is 11.7. The van der Waals surface area contributed by atoms with Crippen LogP contribution in [-0.4, -0.2) is 16.0 Å². The van der Waals surface area contributed by atoms with Gasteiger partial charge in [0.25, 0.3) is 0 Å². The lowest BCUT2D eigenvalue weighted by atomic mass is 10.1. The molecule has 0 unspecified atom stereocenters. The average Bonchev–Trinajstić information content (AvgIpc) is 2.48. The first-order chi connectivity index (χ1) is 6.42. The molecular weight excluding hydrogens is 291 g/mol. The summed E-state index contributed by atoms with van der Waals surface area (Å²) in [6, 6.07) is 0. The van der Waals surface area contributed by atoms with E-state index in [1.165, 1.54) is 6.42 Å². The van der Waals surface area contributed by atoms with E-state index in [2.05, 4.69) is 22.6 Å². The Morgan fingerprint density at radius 3 is 2.50 bits per heavy atom. The summed E-state index contributed by atoms with van der Waals surface area (Å²) in [5.74, 6) is 0.895. The Hall–Kier alpha value is 0.200. The Morgan fingerprint density at radius 2 is 2.07 bits per heavy atom. The number of esters is 1. The van der Waals surface area contributed by atoms with E-state index in [1.807, 2.05) is 20.8 Å². The molecule has 1 saturated carbocycles. The monoisotopic (exact) mass is 310 g/mol. The van der Waals surface area contributed by atoms with Gasteiger partial charge in [-0.15, -0.1) is 0 Å². The maximum Gasteiger partial charge on any atom is 0.309 e. The van der Waals surface area contributed by atoms with Crippen LogP contribution in [0.1, 0.15) is 40.0 Å². The highest BCUT2D eigenvalue weighted by atomic mass is 127. The smallest absolute Gasteiger partial charge is 0.309 e. The van der Waals surface area contributed by atoms with Gasteiger partial charge in [-0.2, -0.15) is 0 Å². The third-order valence-electron chi connectivity index (χ3n) is 2.50. The van der Waals surface area contributed by atoms with Gasteiger partial charge in [-0.3, -0.25) is 4.79 Å². The molecule has 2 nitrogen and oxygen atoms in total. The van der Waals surface area contributed by atoms with Crippen molar-refractivity contribution < 1.29 is 9.53 Å². The van der Waals surface area contributed by atoms with Gasteiger partial charge in [0, 0.05) is 4.43 Å². The Labute approximate surface area is 99.9 Å². The van der Waals surface area contributed by atoms with Gasteiger partial charge in [0.1, 0.15) is 5.60 Å². The summed E-state index contributed by atoms with van der Waals surface area (Å²) < 4.78 is 6.54. The average molecular weight is 310 g/mol. The Bertz CT molecular complexity index is 208. The van der Waals surface area contributed by atoms with Crippen molar-refractivity contribution in [3.63, 3.8) is 0 Å². The fraction of sp³-hybridized carbons (Fsp3) is 0.909. The highest BCUT2D eigenvalue weighted by Gasteiger charge is 2.32. The van der Waals surface area contributed by atoms with Gasteiger partial charge < -0.3 is 4.74 Å². The second-order valence-corrected chi connectivity index (χ2v) is 5.94. The zero-order chi connectivity index (χ0) is 10.8. The first kappa shape index (κ1) is 12.3. The van der Waals surface area contributed by atoms with Crippen LogP contribution in [0.5, 0.6) is 0 Å². The number of carbonyl (C=O) groups excluding carboxylic acids is 1. The van der Waals surface area contributed by atoms with Gasteiger partial charge in [-0.25, -0.2) is 0 Å². The topological polar surface area (TPSA) is 26.3 Å². The molecule has 2 atom stereocenters. The second-order valence-electron chi connectivity index (χ2n) is 5.06. The SMILES string of the molecule is CC(C)(C)OC(=O)[C@@H]1CC[C@@H](CI)C1. The molecule has 0 aromatic carbocycles. The Morgan fingerprint density at radius 1 is 1.43 bits per heavy atom. The van der Waals surface area contributed by atoms with Crippen LogP contribution in [-0.2, 0) is 9.53 Å². The van der Waals surface area contributed by atoms with Crippen LogP contribution < -0.4 is 0 Å². The summed E-state index contributed by atoms with van der Waals surface area (Å²) in [6.07, 6.45) is 3.23. The summed E-state index contributed by atoms with van der Waals surface area (Å²) in [5, 5.41) is 0. The Kier molecular flexibility index (Phi) is 4.22. The number of ether oxygens (including phenoxy) is 1. The van der Waals surface area contributed by atoms with Crippen molar-refractivity contribution in [3.8, 4) is 0 Å². The van der Waals surface area contributed by atoms with Crippen LogP contribution in [0, 0.1) is 11.8 Å². The van der Waals surface area contributed by atoms with E-state index < -0.39 is 0 Å². The lowest BCUT2D eigenvalue weighted by Crippen LogP contribution is -2.27. The molecule has 0 aliphatic heterocycles. The zero-order valence-electron chi connectivity index (χ0n) is 9.18. The normalized spacial score (nSPS) is 27.7. The maximum absolute atomic E-state index is 11.7. The minimum absolute atomic E-state index is 0.00449. The van der Waals surface area contributed by atoms with Crippen molar-refractivity contribution in [2.75, 3.05) is 4.43 Å². The van der Waals surface area contributed by atoms with Crippen LogP contribution in [0.3, 0.4) is 0 Å². The molecule has 0 N–H and O–H groups in total. The third kappa shape index (κ3) is 3.75. The molecule has 1 fully saturated rings. The number of hydrogen-bond acceptors (Lipinski definition) is 2. The number of carbonyl (C=O) groups is 1. The first-order valence-electron chi connectivity index (χ1n) is 5.21. The highest BCUT2D eigenvalue weighted by molar-refractivity contribution is 14.1. The van der Waals surface area contributed by atoms with Crippen molar-refractivity contribution in [3.05, 3.63) is 0 Å². The predicted molar refractivity (Wildman–Crippen MR) is 65.6 cm³/mol. The maximum atomic E-state index is 11.7. The molecule has 1 aliphatic rings. The van der Waals surface area contributed by atoms with Crippen LogP contribution in [0.25, 0.3) is 0 Å². The molecule has 0 bridgehead atoms. The molecule has 0 radical (unpaired) electrons. The van der Waals surface area contributed by atoms with Crippen molar-refractivity contribution in [1.29, 1.82) is 0 Å². The molecular formula is C11H19IO2. The van der Waals surface area contributed by atoms with Crippen molar-refractivity contribution in [1.82, 2.24) is 0 Å². The highest BCUT2D eigenvalue weighted by Crippen LogP contribution is 2.33. The molecule has 1 aliphatic carbocycles. The molecule has 0 amide bonds. The fourth-order valence-electron chi connectivity index (χ4n) is 1.81. The standard InChI is InChI=1S/C11H19IO2/c1-11(2,3)14-10(13)9-5-4-8(6-9)7-12/h8-9H,4-7H2,1-3H3/t8-,9-/m1/s1.